The highest BCUT2D eigenvalue weighted by Crippen LogP contribution is 2.36. The third-order valence-electron chi connectivity index (χ3n) is 3.84. The van der Waals surface area contributed by atoms with Crippen LogP contribution in [0.15, 0.2) is 24.4 Å². The van der Waals surface area contributed by atoms with Gasteiger partial charge in [-0.1, -0.05) is 26.8 Å². The summed E-state index contributed by atoms with van der Waals surface area (Å²) >= 11 is 0. The maximum absolute atomic E-state index is 11.0. The minimum absolute atomic E-state index is 0.198. The van der Waals surface area contributed by atoms with Gasteiger partial charge in [-0.2, -0.15) is 0 Å². The van der Waals surface area contributed by atoms with Crippen LogP contribution in [0, 0.1) is 0 Å². The second-order valence-corrected chi connectivity index (χ2v) is 11.3. The van der Waals surface area contributed by atoms with E-state index in [-0.39, 0.29) is 11.0 Å². The van der Waals surface area contributed by atoms with E-state index in [1.807, 2.05) is 12.1 Å². The Morgan fingerprint density at radius 3 is 2.48 bits per heavy atom. The molecule has 0 bridgehead atoms. The standard InChI is InChI=1S/C16H25NO3Si/c1-16(2,3)21(5,6)20-12-13-7-8-14(17-11-13)9-10-15(18)19-4/h7-11H,12H2,1-6H3/b10-9+. The number of aromatic nitrogens is 1. The Bertz CT molecular complexity index is 501. The normalized spacial score (nSPS) is 12.7. The van der Waals surface area contributed by atoms with Gasteiger partial charge in [0, 0.05) is 12.3 Å². The lowest BCUT2D eigenvalue weighted by molar-refractivity contribution is -0.134. The number of esters is 1. The average Bonchev–Trinajstić information content (AvgIpc) is 2.42. The van der Waals surface area contributed by atoms with Gasteiger partial charge in [-0.05, 0) is 35.8 Å². The summed E-state index contributed by atoms with van der Waals surface area (Å²) in [4.78, 5) is 15.3. The third kappa shape index (κ3) is 5.44. The quantitative estimate of drug-likeness (QED) is 0.472. The van der Waals surface area contributed by atoms with Crippen molar-refractivity contribution in [1.82, 2.24) is 4.98 Å². The topological polar surface area (TPSA) is 48.4 Å². The summed E-state index contributed by atoms with van der Waals surface area (Å²) in [7, 11) is -0.391. The first-order chi connectivity index (χ1) is 9.65. The van der Waals surface area contributed by atoms with E-state index in [1.54, 1.807) is 12.3 Å². The van der Waals surface area contributed by atoms with Gasteiger partial charge in [-0.15, -0.1) is 0 Å². The molecule has 4 nitrogen and oxygen atoms in total. The monoisotopic (exact) mass is 307 g/mol. The van der Waals surface area contributed by atoms with Gasteiger partial charge in [0.1, 0.15) is 0 Å². The van der Waals surface area contributed by atoms with Gasteiger partial charge < -0.3 is 9.16 Å². The SMILES string of the molecule is COC(=O)/C=C/c1ccc(CO[Si](C)(C)C(C)(C)C)cn1. The molecule has 5 heteroatoms. The minimum atomic E-state index is -1.74. The van der Waals surface area contributed by atoms with Crippen molar-refractivity contribution in [3.63, 3.8) is 0 Å². The number of carbonyl (C=O) groups is 1. The Labute approximate surface area is 128 Å². The van der Waals surface area contributed by atoms with E-state index in [2.05, 4.69) is 43.6 Å². The lowest BCUT2D eigenvalue weighted by Crippen LogP contribution is -2.40. The van der Waals surface area contributed by atoms with Crippen molar-refractivity contribution in [2.75, 3.05) is 7.11 Å². The van der Waals surface area contributed by atoms with Gasteiger partial charge in [-0.25, -0.2) is 4.79 Å². The predicted octanol–water partition coefficient (Wildman–Crippen LogP) is 3.79. The van der Waals surface area contributed by atoms with Crippen LogP contribution in [0.25, 0.3) is 6.08 Å². The number of nitrogens with zero attached hydrogens (tertiary/aromatic N) is 1. The molecule has 0 amide bonds. The summed E-state index contributed by atoms with van der Waals surface area (Å²) in [6, 6.07) is 3.83. The lowest BCUT2D eigenvalue weighted by atomic mass is 10.2. The van der Waals surface area contributed by atoms with Crippen molar-refractivity contribution < 1.29 is 14.0 Å². The third-order valence-corrected chi connectivity index (χ3v) is 8.32. The molecule has 1 aromatic rings. The van der Waals surface area contributed by atoms with Gasteiger partial charge in [0.2, 0.25) is 0 Å². The Morgan fingerprint density at radius 2 is 2.00 bits per heavy atom. The summed E-state index contributed by atoms with van der Waals surface area (Å²) in [6.45, 7) is 11.7. The second kappa shape index (κ2) is 7.00. The Balaban J connectivity index is 2.64. The van der Waals surface area contributed by atoms with Crippen molar-refractivity contribution in [3.8, 4) is 0 Å². The van der Waals surface area contributed by atoms with Crippen LogP contribution in [0.3, 0.4) is 0 Å². The second-order valence-electron chi connectivity index (χ2n) is 6.50. The number of hydrogen-bond acceptors (Lipinski definition) is 4. The first-order valence-electron chi connectivity index (χ1n) is 7.00. The summed E-state index contributed by atoms with van der Waals surface area (Å²) < 4.78 is 10.7. The van der Waals surface area contributed by atoms with Gasteiger partial charge in [-0.3, -0.25) is 4.98 Å². The van der Waals surface area contributed by atoms with E-state index in [0.717, 1.165) is 11.3 Å². The summed E-state index contributed by atoms with van der Waals surface area (Å²) in [5.41, 5.74) is 1.76. The molecule has 0 N–H and O–H groups in total. The number of hydrogen-bond donors (Lipinski definition) is 0. The minimum Gasteiger partial charge on any atom is -0.466 e. The summed E-state index contributed by atoms with van der Waals surface area (Å²) in [5, 5.41) is 0.198. The van der Waals surface area contributed by atoms with Crippen LogP contribution in [0.5, 0.6) is 0 Å². The fraction of sp³-hybridized carbons (Fsp3) is 0.500. The van der Waals surface area contributed by atoms with Crippen molar-refractivity contribution in [1.29, 1.82) is 0 Å². The van der Waals surface area contributed by atoms with Crippen LogP contribution >= 0.6 is 0 Å². The summed E-state index contributed by atoms with van der Waals surface area (Å²) in [6.07, 6.45) is 4.77. The molecule has 0 aliphatic rings. The van der Waals surface area contributed by atoms with E-state index < -0.39 is 8.32 Å². The summed E-state index contributed by atoms with van der Waals surface area (Å²) in [5.74, 6) is -0.387. The highest BCUT2D eigenvalue weighted by molar-refractivity contribution is 6.74. The van der Waals surface area contributed by atoms with Crippen molar-refractivity contribution in [3.05, 3.63) is 35.7 Å². The highest BCUT2D eigenvalue weighted by atomic mass is 28.4. The lowest BCUT2D eigenvalue weighted by Gasteiger charge is -2.36. The number of carbonyl (C=O) groups excluding carboxylic acids is 1. The zero-order valence-corrected chi connectivity index (χ0v) is 14.8. The van der Waals surface area contributed by atoms with E-state index in [0.29, 0.717) is 6.61 Å². The largest absolute Gasteiger partial charge is 0.466 e. The van der Waals surface area contributed by atoms with Crippen LogP contribution in [-0.2, 0) is 20.6 Å². The fourth-order valence-electron chi connectivity index (χ4n) is 1.32. The molecule has 0 aliphatic heterocycles. The van der Waals surface area contributed by atoms with E-state index in [4.69, 9.17) is 4.43 Å². The van der Waals surface area contributed by atoms with Crippen LogP contribution in [0.2, 0.25) is 18.1 Å². The van der Waals surface area contributed by atoms with E-state index >= 15 is 0 Å². The molecule has 1 rings (SSSR count). The molecule has 21 heavy (non-hydrogen) atoms. The number of pyridine rings is 1. The van der Waals surface area contributed by atoms with Gasteiger partial charge in [0.15, 0.2) is 8.32 Å². The molecular weight excluding hydrogens is 282 g/mol. The molecule has 0 atom stereocenters. The Kier molecular flexibility index (Phi) is 5.86. The Hall–Kier alpha value is -1.46. The zero-order valence-electron chi connectivity index (χ0n) is 13.8. The van der Waals surface area contributed by atoms with Crippen LogP contribution < -0.4 is 0 Å². The predicted molar refractivity (Wildman–Crippen MR) is 87.3 cm³/mol. The van der Waals surface area contributed by atoms with Crippen LogP contribution in [-0.4, -0.2) is 26.4 Å². The Morgan fingerprint density at radius 1 is 1.33 bits per heavy atom. The molecule has 0 aromatic carbocycles. The van der Waals surface area contributed by atoms with Gasteiger partial charge in [0.05, 0.1) is 19.4 Å². The molecule has 0 fully saturated rings. The van der Waals surface area contributed by atoms with Crippen molar-refractivity contribution >= 4 is 20.4 Å². The molecule has 0 radical (unpaired) electrons. The average molecular weight is 307 g/mol. The van der Waals surface area contributed by atoms with Crippen molar-refractivity contribution in [2.24, 2.45) is 0 Å². The first kappa shape index (κ1) is 17.6. The molecule has 0 unspecified atom stereocenters. The molecule has 1 heterocycles. The van der Waals surface area contributed by atoms with E-state index in [9.17, 15) is 4.79 Å². The number of ether oxygens (including phenoxy) is 1. The first-order valence-corrected chi connectivity index (χ1v) is 9.91. The molecule has 116 valence electrons. The zero-order chi connectivity index (χ0) is 16.1. The number of methoxy groups -OCH3 is 1. The molecule has 0 aliphatic carbocycles. The maximum atomic E-state index is 11.0. The van der Waals surface area contributed by atoms with Gasteiger partial charge in [0.25, 0.3) is 0 Å². The van der Waals surface area contributed by atoms with Crippen molar-refractivity contribution in [2.45, 2.75) is 45.5 Å². The fourth-order valence-corrected chi connectivity index (χ4v) is 2.28. The highest BCUT2D eigenvalue weighted by Gasteiger charge is 2.36. The maximum Gasteiger partial charge on any atom is 0.330 e. The molecule has 0 spiro atoms. The smallest absolute Gasteiger partial charge is 0.330 e. The van der Waals surface area contributed by atoms with Crippen LogP contribution in [0.1, 0.15) is 32.0 Å². The molecular formula is C16H25NO3Si. The molecule has 1 aromatic heterocycles. The molecule has 0 saturated carbocycles. The van der Waals surface area contributed by atoms with Gasteiger partial charge >= 0.3 is 5.97 Å². The van der Waals surface area contributed by atoms with E-state index in [1.165, 1.54) is 13.2 Å². The number of rotatable bonds is 5. The molecule has 0 saturated heterocycles. The van der Waals surface area contributed by atoms with Crippen LogP contribution in [0.4, 0.5) is 0 Å².